The van der Waals surface area contributed by atoms with Crippen molar-refractivity contribution >= 4 is 55.3 Å². The van der Waals surface area contributed by atoms with E-state index in [1.807, 2.05) is 24.6 Å². The molecule has 0 aliphatic rings. The van der Waals surface area contributed by atoms with Crippen molar-refractivity contribution in [2.75, 3.05) is 11.9 Å². The van der Waals surface area contributed by atoms with Crippen LogP contribution in [0.1, 0.15) is 4.88 Å². The minimum atomic E-state index is 0.832. The summed E-state index contributed by atoms with van der Waals surface area (Å²) in [6, 6.07) is 3.97. The Morgan fingerprint density at radius 2 is 2.33 bits per heavy atom. The van der Waals surface area contributed by atoms with Gasteiger partial charge in [0.05, 0.1) is 10.9 Å². The van der Waals surface area contributed by atoms with E-state index < -0.39 is 0 Å². The average Bonchev–Trinajstić information content (AvgIpc) is 2.75. The van der Waals surface area contributed by atoms with Crippen LogP contribution in [0.4, 0.5) is 5.13 Å². The van der Waals surface area contributed by atoms with Gasteiger partial charge in [-0.2, -0.15) is 0 Å². The molecule has 80 valence electrons. The molecule has 2 nitrogen and oxygen atoms in total. The van der Waals surface area contributed by atoms with Gasteiger partial charge >= 0.3 is 0 Å². The summed E-state index contributed by atoms with van der Waals surface area (Å²) in [5.74, 6) is 0. The summed E-state index contributed by atoms with van der Waals surface area (Å²) in [4.78, 5) is 7.70. The predicted octanol–water partition coefficient (Wildman–Crippen LogP) is 4.26. The third kappa shape index (κ3) is 2.93. The first kappa shape index (κ1) is 11.4. The average molecular weight is 324 g/mol. The van der Waals surface area contributed by atoms with Crippen molar-refractivity contribution in [3.05, 3.63) is 31.3 Å². The molecule has 6 heteroatoms. The van der Waals surface area contributed by atoms with E-state index in [9.17, 15) is 0 Å². The first-order chi connectivity index (χ1) is 7.15. The molecule has 0 saturated heterocycles. The Balaban J connectivity index is 2.06. The third-order valence-corrected chi connectivity index (χ3v) is 4.69. The molecular formula is C9H8BrClN2S2. The van der Waals surface area contributed by atoms with Gasteiger partial charge < -0.3 is 4.90 Å². The molecule has 0 aromatic carbocycles. The Kier molecular flexibility index (Phi) is 3.66. The summed E-state index contributed by atoms with van der Waals surface area (Å²) in [7, 11) is 2.03. The summed E-state index contributed by atoms with van der Waals surface area (Å²) < 4.78 is 1.72. The molecule has 0 saturated carbocycles. The lowest BCUT2D eigenvalue weighted by molar-refractivity contribution is 0.929. The van der Waals surface area contributed by atoms with Crippen molar-refractivity contribution in [1.29, 1.82) is 0 Å². The van der Waals surface area contributed by atoms with Crippen LogP contribution >= 0.6 is 50.2 Å². The Bertz CT molecular complexity index is 454. The molecule has 0 radical (unpaired) electrons. The highest BCUT2D eigenvalue weighted by atomic mass is 79.9. The van der Waals surface area contributed by atoms with Crippen LogP contribution in [0.5, 0.6) is 0 Å². The Morgan fingerprint density at radius 1 is 1.53 bits per heavy atom. The van der Waals surface area contributed by atoms with Crippen LogP contribution in [0.2, 0.25) is 4.34 Å². The number of rotatable bonds is 3. The van der Waals surface area contributed by atoms with Gasteiger partial charge in [-0.15, -0.1) is 22.7 Å². The van der Waals surface area contributed by atoms with Crippen LogP contribution < -0.4 is 4.90 Å². The molecule has 2 heterocycles. The van der Waals surface area contributed by atoms with Crippen LogP contribution in [0.3, 0.4) is 0 Å². The lowest BCUT2D eigenvalue weighted by Crippen LogP contribution is -2.14. The molecule has 0 bridgehead atoms. The molecule has 2 aromatic heterocycles. The summed E-state index contributed by atoms with van der Waals surface area (Å²) in [6.07, 6.45) is 0. The number of anilines is 1. The Labute approximate surface area is 110 Å². The number of nitrogens with zero attached hydrogens (tertiary/aromatic N) is 2. The maximum atomic E-state index is 5.87. The molecule has 15 heavy (non-hydrogen) atoms. The molecule has 0 atom stereocenters. The molecule has 2 aromatic rings. The van der Waals surface area contributed by atoms with Crippen molar-refractivity contribution in [2.24, 2.45) is 0 Å². The molecule has 0 amide bonds. The predicted molar refractivity (Wildman–Crippen MR) is 71.3 cm³/mol. The van der Waals surface area contributed by atoms with Crippen molar-refractivity contribution in [1.82, 2.24) is 4.98 Å². The van der Waals surface area contributed by atoms with Gasteiger partial charge in [-0.05, 0) is 28.1 Å². The highest BCUT2D eigenvalue weighted by Gasteiger charge is 2.07. The zero-order valence-corrected chi connectivity index (χ0v) is 11.9. The molecule has 0 N–H and O–H groups in total. The van der Waals surface area contributed by atoms with Gasteiger partial charge in [0, 0.05) is 17.3 Å². The van der Waals surface area contributed by atoms with E-state index in [1.165, 1.54) is 4.88 Å². The largest absolute Gasteiger partial charge is 0.346 e. The van der Waals surface area contributed by atoms with Crippen molar-refractivity contribution in [3.8, 4) is 0 Å². The first-order valence-electron chi connectivity index (χ1n) is 4.21. The van der Waals surface area contributed by atoms with Crippen LogP contribution in [0, 0.1) is 0 Å². The van der Waals surface area contributed by atoms with Gasteiger partial charge in [-0.25, -0.2) is 4.98 Å². The number of hydrogen-bond donors (Lipinski definition) is 0. The second-order valence-electron chi connectivity index (χ2n) is 3.01. The van der Waals surface area contributed by atoms with Crippen LogP contribution in [-0.2, 0) is 6.54 Å². The summed E-state index contributed by atoms with van der Waals surface area (Å²) in [6.45, 7) is 0.845. The molecule has 0 aliphatic heterocycles. The van der Waals surface area contributed by atoms with E-state index in [4.69, 9.17) is 11.6 Å². The van der Waals surface area contributed by atoms with Gasteiger partial charge in [-0.1, -0.05) is 11.6 Å². The standard InChI is InChI=1S/C9H8BrClN2S2/c1-13(9-12-7(10)5-14-9)4-6-2-3-8(11)15-6/h2-3,5H,4H2,1H3. The molecule has 0 aliphatic carbocycles. The number of thiazole rings is 1. The van der Waals surface area contributed by atoms with Crippen LogP contribution in [0.25, 0.3) is 0 Å². The van der Waals surface area contributed by atoms with Gasteiger partial charge in [0.1, 0.15) is 4.60 Å². The minimum absolute atomic E-state index is 0.832. The van der Waals surface area contributed by atoms with Gasteiger partial charge in [0.2, 0.25) is 0 Å². The quantitative estimate of drug-likeness (QED) is 0.839. The fourth-order valence-corrected chi connectivity index (χ4v) is 3.52. The molecule has 0 fully saturated rings. The smallest absolute Gasteiger partial charge is 0.186 e. The summed E-state index contributed by atoms with van der Waals surface area (Å²) in [5, 5.41) is 2.99. The number of thiophene rings is 1. The lowest BCUT2D eigenvalue weighted by Gasteiger charge is -2.13. The maximum Gasteiger partial charge on any atom is 0.186 e. The highest BCUT2D eigenvalue weighted by Crippen LogP contribution is 2.27. The normalized spacial score (nSPS) is 10.6. The van der Waals surface area contributed by atoms with E-state index in [0.717, 1.165) is 20.6 Å². The van der Waals surface area contributed by atoms with Gasteiger partial charge in [-0.3, -0.25) is 0 Å². The van der Waals surface area contributed by atoms with Crippen molar-refractivity contribution in [2.45, 2.75) is 6.54 Å². The summed E-state index contributed by atoms with van der Waals surface area (Å²) >= 11 is 12.4. The topological polar surface area (TPSA) is 16.1 Å². The Morgan fingerprint density at radius 3 is 2.87 bits per heavy atom. The fourth-order valence-electron chi connectivity index (χ4n) is 1.16. The second kappa shape index (κ2) is 4.82. The van der Waals surface area contributed by atoms with Gasteiger partial charge in [0.25, 0.3) is 0 Å². The van der Waals surface area contributed by atoms with E-state index in [0.29, 0.717) is 0 Å². The lowest BCUT2D eigenvalue weighted by atomic mass is 10.4. The monoisotopic (exact) mass is 322 g/mol. The van der Waals surface area contributed by atoms with Crippen molar-refractivity contribution < 1.29 is 0 Å². The van der Waals surface area contributed by atoms with E-state index in [-0.39, 0.29) is 0 Å². The second-order valence-corrected chi connectivity index (χ2v) is 6.46. The molecule has 2 rings (SSSR count). The number of hydrogen-bond acceptors (Lipinski definition) is 4. The van der Waals surface area contributed by atoms with Crippen LogP contribution in [0.15, 0.2) is 22.1 Å². The zero-order valence-electron chi connectivity index (χ0n) is 7.91. The molecule has 0 unspecified atom stereocenters. The zero-order chi connectivity index (χ0) is 10.8. The maximum absolute atomic E-state index is 5.87. The SMILES string of the molecule is CN(Cc1ccc(Cl)s1)c1nc(Br)cs1. The molecule has 0 spiro atoms. The minimum Gasteiger partial charge on any atom is -0.346 e. The van der Waals surface area contributed by atoms with Gasteiger partial charge in [0.15, 0.2) is 5.13 Å². The first-order valence-corrected chi connectivity index (χ1v) is 7.08. The van der Waals surface area contributed by atoms with Crippen molar-refractivity contribution in [3.63, 3.8) is 0 Å². The fraction of sp³-hybridized carbons (Fsp3) is 0.222. The van der Waals surface area contributed by atoms with E-state index in [2.05, 4.69) is 25.8 Å². The number of halogens is 2. The van der Waals surface area contributed by atoms with E-state index >= 15 is 0 Å². The highest BCUT2D eigenvalue weighted by molar-refractivity contribution is 9.10. The molecular weight excluding hydrogens is 316 g/mol. The third-order valence-electron chi connectivity index (χ3n) is 1.81. The van der Waals surface area contributed by atoms with E-state index in [1.54, 1.807) is 22.7 Å². The van der Waals surface area contributed by atoms with Crippen LogP contribution in [-0.4, -0.2) is 12.0 Å². The number of aromatic nitrogens is 1. The summed E-state index contributed by atoms with van der Waals surface area (Å²) in [5.41, 5.74) is 0. The Hall–Kier alpha value is -0.100.